The molecule has 0 spiro atoms. The fraction of sp³-hybridized carbons (Fsp3) is 0.529. The summed E-state index contributed by atoms with van der Waals surface area (Å²) >= 11 is 0. The van der Waals surface area contributed by atoms with Crippen molar-refractivity contribution < 1.29 is 14.7 Å². The first-order valence-corrected chi connectivity index (χ1v) is 8.25. The summed E-state index contributed by atoms with van der Waals surface area (Å²) in [5.41, 5.74) is 1.00. The molecule has 0 bridgehead atoms. The normalized spacial score (nSPS) is 23.3. The van der Waals surface area contributed by atoms with E-state index in [0.29, 0.717) is 38.0 Å². The molecule has 3 rings (SSSR count). The largest absolute Gasteiger partial charge is 0.481 e. The molecule has 7 heteroatoms. The average Bonchev–Trinajstić information content (AvgIpc) is 2.53. The van der Waals surface area contributed by atoms with Crippen molar-refractivity contribution in [3.8, 4) is 0 Å². The van der Waals surface area contributed by atoms with Crippen molar-refractivity contribution in [2.75, 3.05) is 31.1 Å². The predicted molar refractivity (Wildman–Crippen MR) is 88.7 cm³/mol. The molecule has 0 aromatic carbocycles. The Balaban J connectivity index is 1.60. The second-order valence-corrected chi connectivity index (χ2v) is 6.52. The van der Waals surface area contributed by atoms with E-state index in [9.17, 15) is 9.59 Å². The Hall–Kier alpha value is -2.44. The molecule has 0 radical (unpaired) electrons. The molecule has 1 aliphatic carbocycles. The molecule has 1 fully saturated rings. The van der Waals surface area contributed by atoms with Gasteiger partial charge < -0.3 is 14.9 Å². The van der Waals surface area contributed by atoms with E-state index in [1.165, 1.54) is 0 Å². The van der Waals surface area contributed by atoms with Gasteiger partial charge in [0.05, 0.1) is 11.8 Å². The number of hydrogen-bond acceptors (Lipinski definition) is 5. The Bertz CT molecular complexity index is 666. The van der Waals surface area contributed by atoms with Crippen LogP contribution < -0.4 is 4.90 Å². The summed E-state index contributed by atoms with van der Waals surface area (Å²) in [6.07, 6.45) is 5.03. The first kappa shape index (κ1) is 16.4. The number of carboxylic acids is 1. The van der Waals surface area contributed by atoms with Gasteiger partial charge in [0, 0.05) is 38.1 Å². The quantitative estimate of drug-likeness (QED) is 0.833. The van der Waals surface area contributed by atoms with Crippen LogP contribution >= 0.6 is 0 Å². The number of carboxylic acid groups (broad SMARTS) is 1. The van der Waals surface area contributed by atoms with Crippen LogP contribution in [-0.4, -0.2) is 58.0 Å². The number of carbonyl (C=O) groups is 2. The van der Waals surface area contributed by atoms with Gasteiger partial charge in [-0.15, -0.1) is 0 Å². The van der Waals surface area contributed by atoms with E-state index in [2.05, 4.69) is 28.7 Å². The number of piperazine rings is 1. The van der Waals surface area contributed by atoms with E-state index in [4.69, 9.17) is 5.11 Å². The monoisotopic (exact) mass is 330 g/mol. The first-order valence-electron chi connectivity index (χ1n) is 8.25. The number of hydrogen-bond donors (Lipinski definition) is 1. The van der Waals surface area contributed by atoms with Gasteiger partial charge in [0.15, 0.2) is 0 Å². The molecular formula is C17H22N4O3. The van der Waals surface area contributed by atoms with Crippen molar-refractivity contribution >= 4 is 17.8 Å². The molecule has 128 valence electrons. The van der Waals surface area contributed by atoms with Crippen LogP contribution in [0.15, 0.2) is 24.4 Å². The summed E-state index contributed by atoms with van der Waals surface area (Å²) in [4.78, 5) is 36.2. The number of rotatable bonds is 4. The highest BCUT2D eigenvalue weighted by atomic mass is 16.4. The van der Waals surface area contributed by atoms with Crippen LogP contribution in [0.25, 0.3) is 0 Å². The number of carbonyl (C=O) groups excluding carboxylic acids is 1. The summed E-state index contributed by atoms with van der Waals surface area (Å²) in [6.45, 7) is 6.61. The Morgan fingerprint density at radius 2 is 1.83 bits per heavy atom. The van der Waals surface area contributed by atoms with Crippen molar-refractivity contribution in [1.82, 2.24) is 14.9 Å². The molecule has 1 aromatic heterocycles. The van der Waals surface area contributed by atoms with Gasteiger partial charge >= 0.3 is 5.97 Å². The van der Waals surface area contributed by atoms with Crippen LogP contribution in [0.5, 0.6) is 0 Å². The van der Waals surface area contributed by atoms with Crippen LogP contribution in [0.1, 0.15) is 25.5 Å². The molecule has 2 atom stereocenters. The zero-order chi connectivity index (χ0) is 17.3. The van der Waals surface area contributed by atoms with E-state index in [1.807, 2.05) is 6.07 Å². The van der Waals surface area contributed by atoms with E-state index in [0.717, 1.165) is 5.69 Å². The third-order valence-electron chi connectivity index (χ3n) is 4.61. The Morgan fingerprint density at radius 1 is 1.17 bits per heavy atom. The molecule has 1 aliphatic heterocycles. The number of anilines is 1. The van der Waals surface area contributed by atoms with Gasteiger partial charge in [0.2, 0.25) is 11.9 Å². The van der Waals surface area contributed by atoms with Crippen molar-refractivity contribution in [2.24, 2.45) is 11.8 Å². The van der Waals surface area contributed by atoms with Gasteiger partial charge in [-0.25, -0.2) is 9.97 Å². The molecular weight excluding hydrogens is 308 g/mol. The maximum absolute atomic E-state index is 12.4. The maximum Gasteiger partial charge on any atom is 0.311 e. The molecule has 0 saturated carbocycles. The lowest BCUT2D eigenvalue weighted by molar-refractivity contribution is -0.148. The van der Waals surface area contributed by atoms with Gasteiger partial charge in [0.25, 0.3) is 0 Å². The lowest BCUT2D eigenvalue weighted by Crippen LogP contribution is -2.52. The molecule has 1 saturated heterocycles. The van der Waals surface area contributed by atoms with Gasteiger partial charge in [-0.05, 0) is 12.0 Å². The summed E-state index contributed by atoms with van der Waals surface area (Å²) < 4.78 is 0. The summed E-state index contributed by atoms with van der Waals surface area (Å²) in [6, 6.07) is 1.92. The minimum Gasteiger partial charge on any atom is -0.481 e. The molecule has 1 amide bonds. The minimum atomic E-state index is -0.937. The highest BCUT2D eigenvalue weighted by Gasteiger charge is 2.39. The third kappa shape index (κ3) is 3.11. The third-order valence-corrected chi connectivity index (χ3v) is 4.61. The van der Waals surface area contributed by atoms with Gasteiger partial charge in [-0.2, -0.15) is 0 Å². The van der Waals surface area contributed by atoms with Crippen molar-refractivity contribution in [3.63, 3.8) is 0 Å². The van der Waals surface area contributed by atoms with E-state index in [-0.39, 0.29) is 5.91 Å². The number of aliphatic carboxylic acids is 1. The lowest BCUT2D eigenvalue weighted by atomic mass is 9.81. The standard InChI is InChI=1S/C17H22N4O3/c1-11(2)14-5-6-18-17(19-14)21-9-7-20(8-10-21)15(22)12-3-4-13(12)16(23)24/h3-6,11-13H,7-10H2,1-2H3,(H,23,24)/t12-,13+/m1/s1. The van der Waals surface area contributed by atoms with Crippen LogP contribution in [0.3, 0.4) is 0 Å². The highest BCUT2D eigenvalue weighted by molar-refractivity contribution is 5.89. The molecule has 2 aliphatic rings. The van der Waals surface area contributed by atoms with E-state index >= 15 is 0 Å². The van der Waals surface area contributed by atoms with Crippen LogP contribution in [0, 0.1) is 11.8 Å². The first-order chi connectivity index (χ1) is 11.5. The second kappa shape index (κ2) is 6.59. The van der Waals surface area contributed by atoms with Crippen molar-refractivity contribution in [1.29, 1.82) is 0 Å². The van der Waals surface area contributed by atoms with E-state index in [1.54, 1.807) is 23.2 Å². The Labute approximate surface area is 141 Å². The molecule has 1 N–H and O–H groups in total. The minimum absolute atomic E-state index is 0.0959. The SMILES string of the molecule is CC(C)c1ccnc(N2CCN(C(=O)[C@@H]3C=C[C@@H]3C(=O)O)CC2)n1. The van der Waals surface area contributed by atoms with Gasteiger partial charge in [0.1, 0.15) is 0 Å². The van der Waals surface area contributed by atoms with Crippen LogP contribution in [-0.2, 0) is 9.59 Å². The highest BCUT2D eigenvalue weighted by Crippen LogP contribution is 2.28. The van der Waals surface area contributed by atoms with Crippen molar-refractivity contribution in [3.05, 3.63) is 30.1 Å². The summed E-state index contributed by atoms with van der Waals surface area (Å²) in [7, 11) is 0. The zero-order valence-corrected chi connectivity index (χ0v) is 13.9. The predicted octanol–water partition coefficient (Wildman–Crippen LogP) is 1.14. The number of amides is 1. The summed E-state index contributed by atoms with van der Waals surface area (Å²) in [5.74, 6) is -1.20. The Morgan fingerprint density at radius 3 is 2.38 bits per heavy atom. The topological polar surface area (TPSA) is 86.6 Å². The number of nitrogens with zero attached hydrogens (tertiary/aromatic N) is 4. The zero-order valence-electron chi connectivity index (χ0n) is 13.9. The molecule has 7 nitrogen and oxygen atoms in total. The smallest absolute Gasteiger partial charge is 0.311 e. The lowest BCUT2D eigenvalue weighted by Gasteiger charge is -2.38. The van der Waals surface area contributed by atoms with Crippen molar-refractivity contribution in [2.45, 2.75) is 19.8 Å². The van der Waals surface area contributed by atoms with Gasteiger partial charge in [-0.3, -0.25) is 9.59 Å². The van der Waals surface area contributed by atoms with Gasteiger partial charge in [-0.1, -0.05) is 26.0 Å². The molecule has 1 aromatic rings. The molecule has 0 unspecified atom stereocenters. The molecule has 2 heterocycles. The van der Waals surface area contributed by atoms with Crippen LogP contribution in [0.2, 0.25) is 0 Å². The maximum atomic E-state index is 12.4. The Kier molecular flexibility index (Phi) is 4.51. The molecule has 24 heavy (non-hydrogen) atoms. The van der Waals surface area contributed by atoms with Crippen LogP contribution in [0.4, 0.5) is 5.95 Å². The second-order valence-electron chi connectivity index (χ2n) is 6.52. The fourth-order valence-electron chi connectivity index (χ4n) is 2.98. The number of aromatic nitrogens is 2. The average molecular weight is 330 g/mol. The van der Waals surface area contributed by atoms with E-state index < -0.39 is 17.8 Å². The summed E-state index contributed by atoms with van der Waals surface area (Å²) in [5, 5.41) is 9.07. The fourth-order valence-corrected chi connectivity index (χ4v) is 2.98.